The van der Waals surface area contributed by atoms with Gasteiger partial charge in [0.1, 0.15) is 0 Å². The van der Waals surface area contributed by atoms with Crippen LogP contribution in [0.2, 0.25) is 0 Å². The molecule has 0 aliphatic rings. The maximum Gasteiger partial charge on any atom is 0.170 e. The quantitative estimate of drug-likeness (QED) is 0.356. The lowest BCUT2D eigenvalue weighted by molar-refractivity contribution is 0.0967. The molecule has 3 N–H and O–H groups in total. The Morgan fingerprint density at radius 1 is 1.47 bits per heavy atom. The Morgan fingerprint density at radius 2 is 2.18 bits per heavy atom. The summed E-state index contributed by atoms with van der Waals surface area (Å²) in [6, 6.07) is 5.67. The molecule has 4 nitrogen and oxygen atoms in total. The number of nitrogens with two attached hydrogens (primary N) is 1. The maximum atomic E-state index is 8.59. The normalized spacial score (nSPS) is 12.1. The number of rotatable bonds is 5. The highest BCUT2D eigenvalue weighted by Gasteiger charge is 2.04. The number of nitrogens with zero attached hydrogens (tertiary/aromatic N) is 1. The molecule has 1 aromatic carbocycles. The summed E-state index contributed by atoms with van der Waals surface area (Å²) < 4.78 is 5.58. The van der Waals surface area contributed by atoms with Gasteiger partial charge in [0.25, 0.3) is 0 Å². The number of amidine groups is 1. The zero-order valence-corrected chi connectivity index (χ0v) is 10.6. The molecule has 17 heavy (non-hydrogen) atoms. The molecule has 0 saturated heterocycles. The second-order valence-electron chi connectivity index (χ2n) is 4.54. The molecule has 0 aromatic heterocycles. The molecule has 1 rings (SSSR count). The number of oxime groups is 1. The van der Waals surface area contributed by atoms with Crippen LogP contribution < -0.4 is 5.73 Å². The first kappa shape index (κ1) is 13.5. The summed E-state index contributed by atoms with van der Waals surface area (Å²) in [5.74, 6) is 0.662. The fourth-order valence-corrected chi connectivity index (χ4v) is 1.48. The predicted octanol–water partition coefficient (Wildman–Crippen LogP) is 2.26. The molecule has 0 amide bonds. The van der Waals surface area contributed by atoms with E-state index < -0.39 is 0 Å². The molecule has 0 atom stereocenters. The number of ether oxygens (including phenoxy) is 1. The van der Waals surface area contributed by atoms with Crippen molar-refractivity contribution in [3.63, 3.8) is 0 Å². The first-order valence-electron chi connectivity index (χ1n) is 5.69. The van der Waals surface area contributed by atoms with Gasteiger partial charge in [-0.3, -0.25) is 0 Å². The summed E-state index contributed by atoms with van der Waals surface area (Å²) in [6.45, 7) is 7.58. The van der Waals surface area contributed by atoms with Crippen LogP contribution in [-0.4, -0.2) is 17.6 Å². The smallest absolute Gasteiger partial charge is 0.170 e. The van der Waals surface area contributed by atoms with Gasteiger partial charge in [-0.2, -0.15) is 0 Å². The van der Waals surface area contributed by atoms with E-state index in [4.69, 9.17) is 15.7 Å². The molecule has 0 aliphatic carbocycles. The number of hydrogen-bond acceptors (Lipinski definition) is 3. The van der Waals surface area contributed by atoms with E-state index in [9.17, 15) is 0 Å². The summed E-state index contributed by atoms with van der Waals surface area (Å²) in [5, 5.41) is 11.6. The van der Waals surface area contributed by atoms with Crippen molar-refractivity contribution < 1.29 is 9.94 Å². The van der Waals surface area contributed by atoms with Crippen molar-refractivity contribution in [3.8, 4) is 0 Å². The van der Waals surface area contributed by atoms with Gasteiger partial charge in [0.15, 0.2) is 5.84 Å². The third-order valence-corrected chi connectivity index (χ3v) is 2.45. The zero-order chi connectivity index (χ0) is 12.8. The standard InChI is InChI=1S/C13H20N2O2/c1-9(2)7-17-8-12-5-4-11(6-10(12)3)13(14)15-16/h4-6,9,16H,7-8H2,1-3H3,(H2,14,15). The fourth-order valence-electron chi connectivity index (χ4n) is 1.48. The molecular weight excluding hydrogens is 216 g/mol. The Labute approximate surface area is 102 Å². The Balaban J connectivity index is 2.70. The Kier molecular flexibility index (Phi) is 4.97. The first-order chi connectivity index (χ1) is 8.04. The van der Waals surface area contributed by atoms with Gasteiger partial charge in [0, 0.05) is 12.2 Å². The average Bonchev–Trinajstić information content (AvgIpc) is 2.29. The van der Waals surface area contributed by atoms with Gasteiger partial charge in [-0.25, -0.2) is 0 Å². The average molecular weight is 236 g/mol. The van der Waals surface area contributed by atoms with Gasteiger partial charge in [-0.1, -0.05) is 31.1 Å². The predicted molar refractivity (Wildman–Crippen MR) is 68.2 cm³/mol. The lowest BCUT2D eigenvalue weighted by Gasteiger charge is -2.10. The van der Waals surface area contributed by atoms with Crippen LogP contribution in [0.25, 0.3) is 0 Å². The molecule has 0 spiro atoms. The third kappa shape index (κ3) is 4.07. The summed E-state index contributed by atoms with van der Waals surface area (Å²) in [6.07, 6.45) is 0. The molecular formula is C13H20N2O2. The van der Waals surface area contributed by atoms with Crippen LogP contribution in [-0.2, 0) is 11.3 Å². The summed E-state index contributed by atoms with van der Waals surface area (Å²) in [4.78, 5) is 0. The highest BCUT2D eigenvalue weighted by Crippen LogP contribution is 2.12. The highest BCUT2D eigenvalue weighted by molar-refractivity contribution is 5.97. The van der Waals surface area contributed by atoms with Crippen LogP contribution in [0.15, 0.2) is 23.4 Å². The van der Waals surface area contributed by atoms with E-state index >= 15 is 0 Å². The van der Waals surface area contributed by atoms with E-state index in [0.29, 0.717) is 12.5 Å². The van der Waals surface area contributed by atoms with E-state index in [2.05, 4.69) is 19.0 Å². The molecule has 0 saturated carbocycles. The Hall–Kier alpha value is -1.55. The van der Waals surface area contributed by atoms with Gasteiger partial charge in [-0.05, 0) is 30.0 Å². The first-order valence-corrected chi connectivity index (χ1v) is 5.69. The maximum absolute atomic E-state index is 8.59. The van der Waals surface area contributed by atoms with Crippen LogP contribution in [0.1, 0.15) is 30.5 Å². The summed E-state index contributed by atoms with van der Waals surface area (Å²) in [5.41, 5.74) is 8.45. The second-order valence-corrected chi connectivity index (χ2v) is 4.54. The zero-order valence-electron chi connectivity index (χ0n) is 10.6. The topological polar surface area (TPSA) is 67.8 Å². The molecule has 4 heteroatoms. The van der Waals surface area contributed by atoms with Gasteiger partial charge in [-0.15, -0.1) is 0 Å². The van der Waals surface area contributed by atoms with E-state index in [1.54, 1.807) is 0 Å². The minimum absolute atomic E-state index is 0.128. The number of benzene rings is 1. The molecule has 94 valence electrons. The SMILES string of the molecule is Cc1cc(/C(N)=N/O)ccc1COCC(C)C. The summed E-state index contributed by atoms with van der Waals surface area (Å²) in [7, 11) is 0. The Morgan fingerprint density at radius 3 is 2.71 bits per heavy atom. The molecule has 0 aliphatic heterocycles. The van der Waals surface area contributed by atoms with Gasteiger partial charge in [0.05, 0.1) is 6.61 Å². The van der Waals surface area contributed by atoms with Crippen LogP contribution in [0, 0.1) is 12.8 Å². The van der Waals surface area contributed by atoms with Gasteiger partial charge < -0.3 is 15.7 Å². The molecule has 1 aromatic rings. The lowest BCUT2D eigenvalue weighted by Crippen LogP contribution is -2.13. The third-order valence-electron chi connectivity index (χ3n) is 2.45. The van der Waals surface area contributed by atoms with Crippen LogP contribution in [0.4, 0.5) is 0 Å². The van der Waals surface area contributed by atoms with Crippen molar-refractivity contribution in [1.82, 2.24) is 0 Å². The number of aryl methyl sites for hydroxylation is 1. The molecule has 0 fully saturated rings. The van der Waals surface area contributed by atoms with Crippen molar-refractivity contribution in [3.05, 3.63) is 34.9 Å². The molecule has 0 bridgehead atoms. The van der Waals surface area contributed by atoms with E-state index in [1.807, 2.05) is 25.1 Å². The minimum Gasteiger partial charge on any atom is -0.409 e. The van der Waals surface area contributed by atoms with Gasteiger partial charge in [0.2, 0.25) is 0 Å². The molecule has 0 heterocycles. The second kappa shape index (κ2) is 6.25. The molecule has 0 unspecified atom stereocenters. The fraction of sp³-hybridized carbons (Fsp3) is 0.462. The van der Waals surface area contributed by atoms with E-state index in [0.717, 1.165) is 23.3 Å². The van der Waals surface area contributed by atoms with Crippen molar-refractivity contribution >= 4 is 5.84 Å². The van der Waals surface area contributed by atoms with Gasteiger partial charge >= 0.3 is 0 Å². The largest absolute Gasteiger partial charge is 0.409 e. The van der Waals surface area contributed by atoms with Crippen LogP contribution in [0.3, 0.4) is 0 Å². The van der Waals surface area contributed by atoms with Crippen molar-refractivity contribution in [2.24, 2.45) is 16.8 Å². The lowest BCUT2D eigenvalue weighted by atomic mass is 10.1. The van der Waals surface area contributed by atoms with E-state index in [-0.39, 0.29) is 5.84 Å². The number of hydrogen-bond donors (Lipinski definition) is 2. The van der Waals surface area contributed by atoms with Crippen LogP contribution in [0.5, 0.6) is 0 Å². The van der Waals surface area contributed by atoms with Crippen molar-refractivity contribution in [2.75, 3.05) is 6.61 Å². The monoisotopic (exact) mass is 236 g/mol. The highest BCUT2D eigenvalue weighted by atomic mass is 16.5. The van der Waals surface area contributed by atoms with Crippen molar-refractivity contribution in [1.29, 1.82) is 0 Å². The minimum atomic E-state index is 0.128. The summed E-state index contributed by atoms with van der Waals surface area (Å²) >= 11 is 0. The van der Waals surface area contributed by atoms with E-state index in [1.165, 1.54) is 0 Å². The Bertz CT molecular complexity index is 400. The molecule has 0 radical (unpaired) electrons. The van der Waals surface area contributed by atoms with Crippen molar-refractivity contribution in [2.45, 2.75) is 27.4 Å². The van der Waals surface area contributed by atoms with Crippen LogP contribution >= 0.6 is 0 Å².